The second-order valence-corrected chi connectivity index (χ2v) is 6.13. The van der Waals surface area contributed by atoms with Gasteiger partial charge in [-0.1, -0.05) is 12.8 Å². The van der Waals surface area contributed by atoms with Crippen LogP contribution in [0.15, 0.2) is 0 Å². The molecule has 1 saturated heterocycles. The van der Waals surface area contributed by atoms with E-state index < -0.39 is 0 Å². The van der Waals surface area contributed by atoms with E-state index in [1.807, 2.05) is 0 Å². The summed E-state index contributed by atoms with van der Waals surface area (Å²) in [7, 11) is 2.17. The Balaban J connectivity index is 1.93. The van der Waals surface area contributed by atoms with E-state index in [9.17, 15) is 0 Å². The lowest BCUT2D eigenvalue weighted by molar-refractivity contribution is -0.102. The van der Waals surface area contributed by atoms with E-state index in [1.165, 1.54) is 25.7 Å². The summed E-state index contributed by atoms with van der Waals surface area (Å²) in [6.45, 7) is 3.06. The van der Waals surface area contributed by atoms with Gasteiger partial charge in [-0.3, -0.25) is 5.41 Å². The van der Waals surface area contributed by atoms with E-state index in [4.69, 9.17) is 15.9 Å². The molecule has 2 fully saturated rings. The molecule has 0 aromatic carbocycles. The fourth-order valence-corrected chi connectivity index (χ4v) is 3.54. The van der Waals surface area contributed by atoms with Crippen molar-refractivity contribution < 1.29 is 4.74 Å². The zero-order valence-corrected chi connectivity index (χ0v) is 11.7. The number of amidine groups is 1. The molecule has 2 unspecified atom stereocenters. The number of hydrogen-bond donors (Lipinski definition) is 2. The van der Waals surface area contributed by atoms with E-state index in [0.29, 0.717) is 18.5 Å². The third-order valence-corrected chi connectivity index (χ3v) is 4.77. The first-order valence-corrected chi connectivity index (χ1v) is 7.21. The lowest BCUT2D eigenvalue weighted by atomic mass is 9.87. The van der Waals surface area contributed by atoms with Crippen LogP contribution in [0.25, 0.3) is 0 Å². The lowest BCUT2D eigenvalue weighted by Gasteiger charge is -2.43. The molecular weight excluding hydrogens is 226 g/mol. The average molecular weight is 253 g/mol. The van der Waals surface area contributed by atoms with Crippen LogP contribution in [0.2, 0.25) is 0 Å². The maximum atomic E-state index is 7.42. The molecule has 1 heterocycles. The predicted octanol–water partition coefficient (Wildman–Crippen LogP) is 2.12. The molecule has 0 aromatic rings. The minimum absolute atomic E-state index is 0.174. The van der Waals surface area contributed by atoms with Gasteiger partial charge in [0.1, 0.15) is 0 Å². The molecule has 0 radical (unpaired) electrons. The second-order valence-electron chi connectivity index (χ2n) is 6.13. The van der Waals surface area contributed by atoms with Crippen molar-refractivity contribution in [2.75, 3.05) is 13.7 Å². The topological polar surface area (TPSA) is 62.3 Å². The van der Waals surface area contributed by atoms with Crippen LogP contribution in [0.3, 0.4) is 0 Å². The lowest BCUT2D eigenvalue weighted by Crippen LogP contribution is -2.49. The van der Waals surface area contributed by atoms with Gasteiger partial charge in [0, 0.05) is 25.1 Å². The monoisotopic (exact) mass is 253 g/mol. The Kier molecular flexibility index (Phi) is 4.28. The zero-order chi connectivity index (χ0) is 13.2. The molecular formula is C14H27N3O. The molecule has 1 saturated carbocycles. The Bertz CT molecular complexity index is 299. The fourth-order valence-electron chi connectivity index (χ4n) is 3.54. The molecule has 0 bridgehead atoms. The smallest absolute Gasteiger partial charge is 0.0920 e. The summed E-state index contributed by atoms with van der Waals surface area (Å²) in [5, 5.41) is 7.42. The van der Waals surface area contributed by atoms with Crippen molar-refractivity contribution in [3.8, 4) is 0 Å². The number of hydrogen-bond acceptors (Lipinski definition) is 3. The van der Waals surface area contributed by atoms with Gasteiger partial charge in [0.25, 0.3) is 0 Å². The van der Waals surface area contributed by atoms with Crippen molar-refractivity contribution in [1.82, 2.24) is 4.90 Å². The highest BCUT2D eigenvalue weighted by atomic mass is 16.5. The van der Waals surface area contributed by atoms with Gasteiger partial charge in [0.05, 0.1) is 11.4 Å². The standard InChI is InChI=1S/C14H27N3O/c1-11(9-13(15)16)17(2)12-5-8-18-14(10-12)6-3-4-7-14/h11-12H,3-10H2,1-2H3,(H3,15,16). The zero-order valence-electron chi connectivity index (χ0n) is 11.7. The molecule has 3 N–H and O–H groups in total. The van der Waals surface area contributed by atoms with Crippen LogP contribution in [0, 0.1) is 5.41 Å². The van der Waals surface area contributed by atoms with E-state index in [-0.39, 0.29) is 11.4 Å². The van der Waals surface area contributed by atoms with Crippen LogP contribution in [0.1, 0.15) is 51.9 Å². The largest absolute Gasteiger partial charge is 0.388 e. The Labute approximate surface area is 110 Å². The maximum absolute atomic E-state index is 7.42. The summed E-state index contributed by atoms with van der Waals surface area (Å²) in [5.41, 5.74) is 5.68. The van der Waals surface area contributed by atoms with Crippen molar-refractivity contribution >= 4 is 5.84 Å². The van der Waals surface area contributed by atoms with Gasteiger partial charge in [0.2, 0.25) is 0 Å². The predicted molar refractivity (Wildman–Crippen MR) is 73.9 cm³/mol. The molecule has 1 aliphatic heterocycles. The van der Waals surface area contributed by atoms with Crippen molar-refractivity contribution in [2.24, 2.45) is 5.73 Å². The van der Waals surface area contributed by atoms with Gasteiger partial charge >= 0.3 is 0 Å². The van der Waals surface area contributed by atoms with Crippen LogP contribution >= 0.6 is 0 Å². The summed E-state index contributed by atoms with van der Waals surface area (Å²) in [6.07, 6.45) is 8.04. The van der Waals surface area contributed by atoms with E-state index in [1.54, 1.807) is 0 Å². The molecule has 2 atom stereocenters. The first kappa shape index (κ1) is 13.8. The molecule has 104 valence electrons. The Morgan fingerprint density at radius 3 is 2.78 bits per heavy atom. The van der Waals surface area contributed by atoms with Crippen LogP contribution in [0.4, 0.5) is 0 Å². The van der Waals surface area contributed by atoms with Crippen molar-refractivity contribution in [2.45, 2.75) is 69.6 Å². The Morgan fingerprint density at radius 1 is 1.50 bits per heavy atom. The molecule has 4 heteroatoms. The SMILES string of the molecule is CC(CC(=N)N)N(C)C1CCOC2(CCCC2)C1. The average Bonchev–Trinajstić information content (AvgIpc) is 2.75. The fraction of sp³-hybridized carbons (Fsp3) is 0.929. The van der Waals surface area contributed by atoms with Gasteiger partial charge < -0.3 is 15.4 Å². The number of nitrogens with one attached hydrogen (secondary N) is 1. The summed E-state index contributed by atoms with van der Waals surface area (Å²) in [5.74, 6) is 0.289. The summed E-state index contributed by atoms with van der Waals surface area (Å²) < 4.78 is 6.07. The van der Waals surface area contributed by atoms with Gasteiger partial charge in [-0.25, -0.2) is 0 Å². The minimum Gasteiger partial charge on any atom is -0.388 e. The van der Waals surface area contributed by atoms with E-state index in [0.717, 1.165) is 19.4 Å². The first-order valence-electron chi connectivity index (χ1n) is 7.21. The molecule has 2 aliphatic rings. The molecule has 1 spiro atoms. The molecule has 0 aromatic heterocycles. The van der Waals surface area contributed by atoms with Gasteiger partial charge in [-0.05, 0) is 39.7 Å². The number of rotatable bonds is 4. The number of ether oxygens (including phenoxy) is 1. The van der Waals surface area contributed by atoms with Crippen molar-refractivity contribution in [1.29, 1.82) is 5.41 Å². The highest BCUT2D eigenvalue weighted by Crippen LogP contribution is 2.41. The quantitative estimate of drug-likeness (QED) is 0.596. The number of nitrogens with two attached hydrogens (primary N) is 1. The van der Waals surface area contributed by atoms with Crippen LogP contribution in [-0.4, -0.2) is 42.1 Å². The maximum Gasteiger partial charge on any atom is 0.0920 e. The molecule has 1 aliphatic carbocycles. The third-order valence-electron chi connectivity index (χ3n) is 4.77. The Hall–Kier alpha value is -0.610. The van der Waals surface area contributed by atoms with Crippen LogP contribution in [0.5, 0.6) is 0 Å². The number of nitrogens with zero attached hydrogens (tertiary/aromatic N) is 1. The van der Waals surface area contributed by atoms with Crippen molar-refractivity contribution in [3.63, 3.8) is 0 Å². The third kappa shape index (κ3) is 3.04. The Morgan fingerprint density at radius 2 is 2.17 bits per heavy atom. The van der Waals surface area contributed by atoms with E-state index in [2.05, 4.69) is 18.9 Å². The highest BCUT2D eigenvalue weighted by Gasteiger charge is 2.41. The normalized spacial score (nSPS) is 28.7. The summed E-state index contributed by atoms with van der Waals surface area (Å²) in [6, 6.07) is 0.940. The van der Waals surface area contributed by atoms with E-state index >= 15 is 0 Å². The minimum atomic E-state index is 0.174. The molecule has 18 heavy (non-hydrogen) atoms. The molecule has 0 amide bonds. The molecule has 2 rings (SSSR count). The first-order chi connectivity index (χ1) is 8.52. The molecule has 4 nitrogen and oxygen atoms in total. The van der Waals surface area contributed by atoms with Gasteiger partial charge in [-0.2, -0.15) is 0 Å². The summed E-state index contributed by atoms with van der Waals surface area (Å²) >= 11 is 0. The van der Waals surface area contributed by atoms with Gasteiger partial charge in [-0.15, -0.1) is 0 Å². The van der Waals surface area contributed by atoms with Crippen LogP contribution < -0.4 is 5.73 Å². The second kappa shape index (κ2) is 5.57. The van der Waals surface area contributed by atoms with Crippen LogP contribution in [-0.2, 0) is 4.74 Å². The van der Waals surface area contributed by atoms with Gasteiger partial charge in [0.15, 0.2) is 0 Å². The summed E-state index contributed by atoms with van der Waals surface area (Å²) in [4.78, 5) is 2.41. The highest BCUT2D eigenvalue weighted by molar-refractivity contribution is 5.77. The van der Waals surface area contributed by atoms with Crippen molar-refractivity contribution in [3.05, 3.63) is 0 Å².